The lowest BCUT2D eigenvalue weighted by molar-refractivity contribution is -0.156. The molecule has 0 radical (unpaired) electrons. The fourth-order valence-electron chi connectivity index (χ4n) is 4.83. The van der Waals surface area contributed by atoms with Gasteiger partial charge in [0.25, 0.3) is 0 Å². The summed E-state index contributed by atoms with van der Waals surface area (Å²) in [5.41, 5.74) is 0.446. The highest BCUT2D eigenvalue weighted by Gasteiger charge is 2.47. The summed E-state index contributed by atoms with van der Waals surface area (Å²) in [7, 11) is 0. The van der Waals surface area contributed by atoms with Crippen LogP contribution in [0.15, 0.2) is 0 Å². The van der Waals surface area contributed by atoms with Crippen LogP contribution < -0.4 is 0 Å². The van der Waals surface area contributed by atoms with Gasteiger partial charge in [0.15, 0.2) is 0 Å². The predicted molar refractivity (Wildman–Crippen MR) is 116 cm³/mol. The largest absolute Gasteiger partial charge is 0.446 e. The Bertz CT molecular complexity index is 707. The molecule has 4 rings (SSSR count). The van der Waals surface area contributed by atoms with Gasteiger partial charge in [0.1, 0.15) is 17.2 Å². The number of ether oxygens (including phenoxy) is 1. The molecule has 33 heavy (non-hydrogen) atoms. The molecule has 6 nitrogen and oxygen atoms in total. The Hall–Kier alpha value is -1.93. The van der Waals surface area contributed by atoms with Gasteiger partial charge >= 0.3 is 12.3 Å². The van der Waals surface area contributed by atoms with Crippen LogP contribution in [0.1, 0.15) is 91.4 Å². The molecule has 3 aliphatic carbocycles. The van der Waals surface area contributed by atoms with Gasteiger partial charge in [-0.15, -0.1) is 0 Å². The van der Waals surface area contributed by atoms with Gasteiger partial charge in [0, 0.05) is 44.2 Å². The van der Waals surface area contributed by atoms with Crippen molar-refractivity contribution < 1.29 is 37.1 Å². The highest BCUT2D eigenvalue weighted by Crippen LogP contribution is 2.50. The first-order valence-corrected chi connectivity index (χ1v) is 11.7. The summed E-state index contributed by atoms with van der Waals surface area (Å²) < 4.78 is 36.6. The Balaban J connectivity index is 0.000000203. The highest BCUT2D eigenvalue weighted by molar-refractivity contribution is 5.80. The van der Waals surface area contributed by atoms with Crippen LogP contribution in [0.25, 0.3) is 0 Å². The Kier molecular flexibility index (Phi) is 8.74. The Morgan fingerprint density at radius 2 is 1.24 bits per heavy atom. The van der Waals surface area contributed by atoms with Crippen molar-refractivity contribution in [2.45, 2.75) is 103 Å². The molecule has 1 heterocycles. The first-order chi connectivity index (χ1) is 15.2. The lowest BCUT2D eigenvalue weighted by Gasteiger charge is -2.51. The Morgan fingerprint density at radius 1 is 0.848 bits per heavy atom. The number of amides is 1. The zero-order chi connectivity index (χ0) is 24.9. The molecule has 3 saturated carbocycles. The summed E-state index contributed by atoms with van der Waals surface area (Å²) >= 11 is 0. The second kappa shape index (κ2) is 10.6. The van der Waals surface area contributed by atoms with Crippen molar-refractivity contribution in [1.29, 1.82) is 0 Å². The number of rotatable bonds is 0. The van der Waals surface area contributed by atoms with E-state index in [1.807, 2.05) is 20.8 Å². The number of Topliss-reactive ketones (excluding diaryl/α,β-unsaturated/α-hetero) is 2. The first-order valence-electron chi connectivity index (χ1n) is 11.7. The molecule has 4 fully saturated rings. The monoisotopic (exact) mass is 475 g/mol. The molecule has 0 aromatic carbocycles. The zero-order valence-electron chi connectivity index (χ0n) is 19.9. The quantitative estimate of drug-likeness (QED) is 0.438. The van der Waals surface area contributed by atoms with Crippen LogP contribution in [0.3, 0.4) is 0 Å². The summed E-state index contributed by atoms with van der Waals surface area (Å²) in [6.07, 6.45) is 5.68. The molecule has 9 heteroatoms. The predicted octanol–water partition coefficient (Wildman–Crippen LogP) is 5.41. The minimum absolute atomic E-state index is 0.213. The molecule has 4 aliphatic rings. The smallest absolute Gasteiger partial charge is 0.444 e. The maximum Gasteiger partial charge on any atom is 0.446 e. The average Bonchev–Trinajstić information content (AvgIpc) is 2.65. The van der Waals surface area contributed by atoms with Crippen LogP contribution in [0.2, 0.25) is 0 Å². The molecule has 2 spiro atoms. The van der Waals surface area contributed by atoms with Gasteiger partial charge in [-0.2, -0.15) is 13.2 Å². The van der Waals surface area contributed by atoms with E-state index < -0.39 is 18.1 Å². The van der Waals surface area contributed by atoms with Gasteiger partial charge in [0.2, 0.25) is 6.29 Å². The number of hydrogen-bond donors (Lipinski definition) is 0. The minimum atomic E-state index is -4.64. The Morgan fingerprint density at radius 3 is 1.55 bits per heavy atom. The fourth-order valence-corrected chi connectivity index (χ4v) is 4.83. The molecule has 0 N–H and O–H groups in total. The Labute approximate surface area is 193 Å². The summed E-state index contributed by atoms with van der Waals surface area (Å²) in [6, 6.07) is 0. The second-order valence-electron chi connectivity index (χ2n) is 10.9. The zero-order valence-corrected chi connectivity index (χ0v) is 19.9. The van der Waals surface area contributed by atoms with Crippen LogP contribution in [0.4, 0.5) is 18.0 Å². The third kappa shape index (κ3) is 8.74. The maximum absolute atomic E-state index is 11.8. The lowest BCUT2D eigenvalue weighted by atomic mass is 9.61. The number of carbonyl (C=O) groups excluding carboxylic acids is 4. The number of aldehydes is 1. The number of alkyl halides is 3. The van der Waals surface area contributed by atoms with Gasteiger partial charge in [-0.3, -0.25) is 14.4 Å². The summed E-state index contributed by atoms with van der Waals surface area (Å²) in [5, 5.41) is 0. The number of hydrogen-bond acceptors (Lipinski definition) is 5. The van der Waals surface area contributed by atoms with E-state index in [1.165, 1.54) is 32.1 Å². The molecule has 1 aliphatic heterocycles. The van der Waals surface area contributed by atoms with E-state index in [9.17, 15) is 27.6 Å². The summed E-state index contributed by atoms with van der Waals surface area (Å²) in [4.78, 5) is 44.3. The molecule has 0 bridgehead atoms. The normalized spacial score (nSPS) is 23.3. The number of likely N-dealkylation sites (tertiary alicyclic amines) is 1. The number of ketones is 2. The fraction of sp³-hybridized carbons (Fsp3) is 0.833. The van der Waals surface area contributed by atoms with Crippen LogP contribution in [0.5, 0.6) is 0 Å². The third-order valence-corrected chi connectivity index (χ3v) is 6.99. The van der Waals surface area contributed by atoms with Crippen molar-refractivity contribution >= 4 is 23.9 Å². The van der Waals surface area contributed by atoms with Gasteiger partial charge in [-0.25, -0.2) is 4.79 Å². The minimum Gasteiger partial charge on any atom is -0.444 e. The van der Waals surface area contributed by atoms with E-state index in [0.717, 1.165) is 38.8 Å². The van der Waals surface area contributed by atoms with Crippen molar-refractivity contribution in [2.75, 3.05) is 13.1 Å². The molecule has 0 unspecified atom stereocenters. The second-order valence-corrected chi connectivity index (χ2v) is 10.9. The van der Waals surface area contributed by atoms with E-state index in [-0.39, 0.29) is 11.5 Å². The summed E-state index contributed by atoms with van der Waals surface area (Å²) in [6.45, 7) is 7.14. The van der Waals surface area contributed by atoms with Gasteiger partial charge < -0.3 is 9.64 Å². The molecule has 0 aromatic heterocycles. The number of halogens is 3. The maximum atomic E-state index is 11.8. The van der Waals surface area contributed by atoms with Crippen LogP contribution in [-0.2, 0) is 19.1 Å². The van der Waals surface area contributed by atoms with Gasteiger partial charge in [0.05, 0.1) is 0 Å². The van der Waals surface area contributed by atoms with Crippen LogP contribution >= 0.6 is 0 Å². The van der Waals surface area contributed by atoms with Crippen LogP contribution in [0, 0.1) is 10.8 Å². The third-order valence-electron chi connectivity index (χ3n) is 6.99. The molecule has 0 atom stereocenters. The highest BCUT2D eigenvalue weighted by atomic mass is 19.4. The van der Waals surface area contributed by atoms with E-state index >= 15 is 0 Å². The average molecular weight is 476 g/mol. The van der Waals surface area contributed by atoms with E-state index in [4.69, 9.17) is 9.53 Å². The lowest BCUT2D eigenvalue weighted by Crippen LogP contribution is -2.60. The van der Waals surface area contributed by atoms with E-state index in [2.05, 4.69) is 0 Å². The SMILES string of the molecule is CC(C)(C)OC(=O)N1CC2(CCC(=O)CC2)C1.O=C1CCC2(CCC2)CC1.O=CC(F)(F)F. The molecule has 188 valence electrons. The molecule has 1 amide bonds. The van der Waals surface area contributed by atoms with Gasteiger partial charge in [-0.1, -0.05) is 6.42 Å². The molecule has 0 aromatic rings. The van der Waals surface area contributed by atoms with Crippen molar-refractivity contribution in [3.8, 4) is 0 Å². The number of carbonyl (C=O) groups is 4. The topological polar surface area (TPSA) is 80.8 Å². The summed E-state index contributed by atoms with van der Waals surface area (Å²) in [5.74, 6) is 0.865. The van der Waals surface area contributed by atoms with Crippen LogP contribution in [-0.4, -0.2) is 53.7 Å². The first kappa shape index (κ1) is 27.3. The number of nitrogens with zero attached hydrogens (tertiary/aromatic N) is 1. The van der Waals surface area contributed by atoms with Crippen molar-refractivity contribution in [3.05, 3.63) is 0 Å². The molecular weight excluding hydrogens is 439 g/mol. The van der Waals surface area contributed by atoms with E-state index in [0.29, 0.717) is 29.8 Å². The van der Waals surface area contributed by atoms with Gasteiger partial charge in [-0.05, 0) is 64.7 Å². The van der Waals surface area contributed by atoms with Crippen molar-refractivity contribution in [2.24, 2.45) is 10.8 Å². The van der Waals surface area contributed by atoms with Crippen molar-refractivity contribution in [1.82, 2.24) is 4.90 Å². The molecular formula is C24H36F3NO5. The standard InChI is InChI=1S/C13H21NO3.C9H14O.C2HF3O/c1-12(2,3)17-11(16)14-8-13(9-14)6-4-10(15)5-7-13;10-8-2-6-9(7-3-8)4-1-5-9;3-2(4,5)1-6/h4-9H2,1-3H3;1-7H2;1H. The van der Waals surface area contributed by atoms with Crippen molar-refractivity contribution in [3.63, 3.8) is 0 Å². The molecule has 1 saturated heterocycles. The van der Waals surface area contributed by atoms with E-state index in [1.54, 1.807) is 4.90 Å².